The van der Waals surface area contributed by atoms with E-state index in [-0.39, 0.29) is 0 Å². The lowest BCUT2D eigenvalue weighted by atomic mass is 10.2. The van der Waals surface area contributed by atoms with Crippen molar-refractivity contribution >= 4 is 11.8 Å². The second kappa shape index (κ2) is 4.84. The van der Waals surface area contributed by atoms with E-state index in [0.29, 0.717) is 6.54 Å². The van der Waals surface area contributed by atoms with Gasteiger partial charge in [0.15, 0.2) is 0 Å². The van der Waals surface area contributed by atoms with Gasteiger partial charge in [-0.2, -0.15) is 0 Å². The molecule has 1 aromatic rings. The van der Waals surface area contributed by atoms with Crippen molar-refractivity contribution in [3.05, 3.63) is 41.2 Å². The van der Waals surface area contributed by atoms with Gasteiger partial charge in [-0.1, -0.05) is 18.2 Å². The third-order valence-corrected chi connectivity index (χ3v) is 2.71. The zero-order chi connectivity index (χ0) is 8.81. The van der Waals surface area contributed by atoms with Gasteiger partial charge in [0.1, 0.15) is 0 Å². The van der Waals surface area contributed by atoms with Gasteiger partial charge >= 0.3 is 0 Å². The molecule has 0 amide bonds. The lowest BCUT2D eigenvalue weighted by Crippen LogP contribution is -1.84. The van der Waals surface area contributed by atoms with Crippen LogP contribution in [0, 0.1) is 13.5 Å². The summed E-state index contributed by atoms with van der Waals surface area (Å²) in [6.07, 6.45) is 0. The maximum Gasteiger partial charge on any atom is 0.223 e. The number of hydrogen-bond acceptors (Lipinski definition) is 1. The zero-order valence-electron chi connectivity index (χ0n) is 7.08. The lowest BCUT2D eigenvalue weighted by molar-refractivity contribution is 1.28. The first kappa shape index (κ1) is 9.15. The molecule has 1 aromatic carbocycles. The van der Waals surface area contributed by atoms with Gasteiger partial charge in [-0.3, -0.25) is 0 Å². The third-order valence-electron chi connectivity index (χ3n) is 1.55. The maximum atomic E-state index is 6.63. The van der Waals surface area contributed by atoms with Crippen LogP contribution in [-0.2, 0) is 0 Å². The molecule has 0 atom stereocenters. The first-order chi connectivity index (χ1) is 5.84. The molecule has 0 saturated carbocycles. The van der Waals surface area contributed by atoms with Gasteiger partial charge in [0.25, 0.3) is 0 Å². The van der Waals surface area contributed by atoms with Crippen molar-refractivity contribution in [2.45, 2.75) is 11.8 Å². The Morgan fingerprint density at radius 3 is 2.83 bits per heavy atom. The van der Waals surface area contributed by atoms with Crippen molar-refractivity contribution in [2.75, 3.05) is 12.3 Å². The zero-order valence-corrected chi connectivity index (χ0v) is 7.90. The molecule has 1 rings (SSSR count). The van der Waals surface area contributed by atoms with Gasteiger partial charge in [0.2, 0.25) is 6.54 Å². The summed E-state index contributed by atoms with van der Waals surface area (Å²) in [6.45, 7) is 9.34. The van der Waals surface area contributed by atoms with Crippen LogP contribution in [0.2, 0.25) is 0 Å². The highest BCUT2D eigenvalue weighted by atomic mass is 32.2. The predicted octanol–water partition coefficient (Wildman–Crippen LogP) is 3.01. The Morgan fingerprint density at radius 2 is 2.17 bits per heavy atom. The Morgan fingerprint density at radius 1 is 1.42 bits per heavy atom. The molecule has 0 bridgehead atoms. The van der Waals surface area contributed by atoms with Crippen LogP contribution < -0.4 is 0 Å². The van der Waals surface area contributed by atoms with E-state index >= 15 is 0 Å². The molecule has 0 heterocycles. The summed E-state index contributed by atoms with van der Waals surface area (Å²) < 4.78 is 0. The highest BCUT2D eigenvalue weighted by Crippen LogP contribution is 2.21. The second-order valence-corrected chi connectivity index (χ2v) is 3.63. The Bertz CT molecular complexity index is 288. The minimum absolute atomic E-state index is 0.610. The monoisotopic (exact) mass is 177 g/mol. The lowest BCUT2D eigenvalue weighted by Gasteiger charge is -2.00. The SMILES string of the molecule is [C-]#[N+]CCSc1ccccc1C. The third kappa shape index (κ3) is 2.60. The van der Waals surface area contributed by atoms with Gasteiger partial charge in [-0.25, -0.2) is 6.57 Å². The van der Waals surface area contributed by atoms with Gasteiger partial charge in [-0.15, -0.1) is 11.8 Å². The van der Waals surface area contributed by atoms with Crippen molar-refractivity contribution in [1.29, 1.82) is 0 Å². The molecule has 0 aliphatic rings. The summed E-state index contributed by atoms with van der Waals surface area (Å²) in [7, 11) is 0. The van der Waals surface area contributed by atoms with Crippen LogP contribution in [-0.4, -0.2) is 12.3 Å². The van der Waals surface area contributed by atoms with E-state index in [4.69, 9.17) is 6.57 Å². The number of hydrogen-bond donors (Lipinski definition) is 0. The quantitative estimate of drug-likeness (QED) is 0.390. The summed E-state index contributed by atoms with van der Waals surface area (Å²) in [5.41, 5.74) is 1.30. The summed E-state index contributed by atoms with van der Waals surface area (Å²) in [4.78, 5) is 4.60. The normalized spacial score (nSPS) is 9.33. The Kier molecular flexibility index (Phi) is 3.69. The van der Waals surface area contributed by atoms with Crippen LogP contribution >= 0.6 is 11.8 Å². The van der Waals surface area contributed by atoms with Gasteiger partial charge in [-0.05, 0) is 18.6 Å². The summed E-state index contributed by atoms with van der Waals surface area (Å²) >= 11 is 1.76. The van der Waals surface area contributed by atoms with Gasteiger partial charge in [0, 0.05) is 4.90 Å². The molecule has 12 heavy (non-hydrogen) atoms. The Labute approximate surface area is 77.6 Å². The van der Waals surface area contributed by atoms with Crippen LogP contribution in [0.4, 0.5) is 0 Å². The molecular formula is C10H11NS. The molecule has 0 N–H and O–H groups in total. The van der Waals surface area contributed by atoms with Crippen LogP contribution in [0.15, 0.2) is 29.2 Å². The van der Waals surface area contributed by atoms with Crippen LogP contribution in [0.5, 0.6) is 0 Å². The van der Waals surface area contributed by atoms with E-state index in [1.165, 1.54) is 10.5 Å². The van der Waals surface area contributed by atoms with E-state index in [1.807, 2.05) is 12.1 Å². The molecular weight excluding hydrogens is 166 g/mol. The summed E-state index contributed by atoms with van der Waals surface area (Å²) in [5.74, 6) is 0.897. The number of rotatable bonds is 3. The minimum atomic E-state index is 0.610. The molecule has 0 aromatic heterocycles. The van der Waals surface area contributed by atoms with Crippen LogP contribution in [0.1, 0.15) is 5.56 Å². The number of thioether (sulfide) groups is 1. The molecule has 62 valence electrons. The van der Waals surface area contributed by atoms with Gasteiger partial charge < -0.3 is 4.85 Å². The van der Waals surface area contributed by atoms with E-state index in [2.05, 4.69) is 23.9 Å². The second-order valence-electron chi connectivity index (χ2n) is 2.50. The number of aryl methyl sites for hydroxylation is 1. The van der Waals surface area contributed by atoms with Crippen LogP contribution in [0.3, 0.4) is 0 Å². The average molecular weight is 177 g/mol. The Hall–Kier alpha value is -0.940. The van der Waals surface area contributed by atoms with Crippen molar-refractivity contribution in [2.24, 2.45) is 0 Å². The molecule has 0 spiro atoms. The van der Waals surface area contributed by atoms with E-state index in [1.54, 1.807) is 11.8 Å². The molecule has 0 aliphatic heterocycles. The van der Waals surface area contributed by atoms with E-state index in [0.717, 1.165) is 5.75 Å². The fourth-order valence-electron chi connectivity index (χ4n) is 0.920. The van der Waals surface area contributed by atoms with E-state index in [9.17, 15) is 0 Å². The van der Waals surface area contributed by atoms with Crippen molar-refractivity contribution < 1.29 is 0 Å². The summed E-state index contributed by atoms with van der Waals surface area (Å²) in [5, 5.41) is 0. The highest BCUT2D eigenvalue weighted by molar-refractivity contribution is 7.99. The van der Waals surface area contributed by atoms with Crippen molar-refractivity contribution in [3.63, 3.8) is 0 Å². The molecule has 0 fully saturated rings. The molecule has 0 saturated heterocycles. The Balaban J connectivity index is 2.53. The molecule has 0 radical (unpaired) electrons. The highest BCUT2D eigenvalue weighted by Gasteiger charge is 1.97. The first-order valence-corrected chi connectivity index (χ1v) is 4.85. The summed E-state index contributed by atoms with van der Waals surface area (Å²) in [6, 6.07) is 8.27. The molecule has 0 aliphatic carbocycles. The smallest absolute Gasteiger partial charge is 0.223 e. The average Bonchev–Trinajstić information content (AvgIpc) is 2.09. The largest absolute Gasteiger partial charge is 0.316 e. The molecule has 2 heteroatoms. The number of nitrogens with zero attached hydrogens (tertiary/aromatic N) is 1. The fourth-order valence-corrected chi connectivity index (χ4v) is 1.79. The minimum Gasteiger partial charge on any atom is -0.316 e. The van der Waals surface area contributed by atoms with Crippen molar-refractivity contribution in [3.8, 4) is 0 Å². The number of benzene rings is 1. The van der Waals surface area contributed by atoms with Crippen molar-refractivity contribution in [1.82, 2.24) is 0 Å². The van der Waals surface area contributed by atoms with E-state index < -0.39 is 0 Å². The fraction of sp³-hybridized carbons (Fsp3) is 0.300. The predicted molar refractivity (Wildman–Crippen MR) is 53.4 cm³/mol. The van der Waals surface area contributed by atoms with Gasteiger partial charge in [0.05, 0.1) is 5.75 Å². The molecule has 0 unspecified atom stereocenters. The standard InChI is InChI=1S/C10H11NS/c1-9-5-3-4-6-10(9)12-8-7-11-2/h3-6H,7-8H2,1H3. The molecule has 1 nitrogen and oxygen atoms in total. The van der Waals surface area contributed by atoms with Crippen LogP contribution in [0.25, 0.3) is 4.85 Å². The topological polar surface area (TPSA) is 4.36 Å². The first-order valence-electron chi connectivity index (χ1n) is 3.86. The maximum absolute atomic E-state index is 6.63.